The lowest BCUT2D eigenvalue weighted by atomic mass is 10.00. The minimum absolute atomic E-state index is 0.0119. The number of fused-ring (bicyclic) bond motifs is 2. The van der Waals surface area contributed by atoms with Gasteiger partial charge in [0, 0.05) is 34.7 Å². The molecule has 2 saturated heterocycles. The first-order chi connectivity index (χ1) is 19.9. The van der Waals surface area contributed by atoms with E-state index in [-0.39, 0.29) is 24.1 Å². The molecule has 4 aromatic rings. The summed E-state index contributed by atoms with van der Waals surface area (Å²) >= 11 is 13.0. The number of rotatable bonds is 8. The molecule has 2 aromatic heterocycles. The number of halogens is 3. The Hall–Kier alpha value is -3.47. The number of ether oxygens (including phenoxy) is 1. The van der Waals surface area contributed by atoms with Crippen LogP contribution < -0.4 is 4.90 Å². The number of aromatic nitrogens is 3. The zero-order valence-corrected chi connectivity index (χ0v) is 23.2. The van der Waals surface area contributed by atoms with Gasteiger partial charge in [-0.2, -0.15) is 0 Å². The maximum atomic E-state index is 13.9. The van der Waals surface area contributed by atoms with Crippen LogP contribution in [0.5, 0.6) is 0 Å². The van der Waals surface area contributed by atoms with E-state index in [9.17, 15) is 14.3 Å². The molecule has 2 atom stereocenters. The summed E-state index contributed by atoms with van der Waals surface area (Å²) in [5.41, 5.74) is 2.09. The fourth-order valence-electron chi connectivity index (χ4n) is 6.08. The number of piperidine rings is 1. The van der Waals surface area contributed by atoms with Gasteiger partial charge >= 0.3 is 12.0 Å². The number of nitrogens with zero attached hydrogens (tertiary/aromatic N) is 4. The van der Waals surface area contributed by atoms with Gasteiger partial charge in [0.2, 0.25) is 5.89 Å². The summed E-state index contributed by atoms with van der Waals surface area (Å²) in [6.07, 6.45) is 5.61. The van der Waals surface area contributed by atoms with Crippen molar-refractivity contribution in [3.05, 3.63) is 69.1 Å². The molecule has 9 nitrogen and oxygen atoms in total. The van der Waals surface area contributed by atoms with Gasteiger partial charge in [0.1, 0.15) is 17.3 Å². The van der Waals surface area contributed by atoms with Gasteiger partial charge in [0.15, 0.2) is 0 Å². The lowest BCUT2D eigenvalue weighted by molar-refractivity contribution is 0.0139. The van der Waals surface area contributed by atoms with Crippen molar-refractivity contribution in [3.63, 3.8) is 0 Å². The lowest BCUT2D eigenvalue weighted by Gasteiger charge is -2.37. The van der Waals surface area contributed by atoms with Crippen LogP contribution in [0.4, 0.5) is 10.4 Å². The van der Waals surface area contributed by atoms with Gasteiger partial charge in [0.25, 0.3) is 0 Å². The molecule has 4 heterocycles. The van der Waals surface area contributed by atoms with E-state index < -0.39 is 17.3 Å². The van der Waals surface area contributed by atoms with E-state index in [1.54, 1.807) is 18.2 Å². The number of carboxylic acids is 1. The number of hydrogen-bond donors (Lipinski definition) is 1. The highest BCUT2D eigenvalue weighted by molar-refractivity contribution is 6.39. The molecule has 212 valence electrons. The van der Waals surface area contributed by atoms with Crippen LogP contribution in [-0.2, 0) is 11.3 Å². The Morgan fingerprint density at radius 3 is 2.49 bits per heavy atom. The SMILES string of the molecule is O=C(O)c1cc(-c2nnc(N3C4CCC3CC(OCc3c(-c5c(Cl)cccc5Cl)noc3C3CC3)C4)o2)ccc1F. The molecule has 0 spiro atoms. The Balaban J connectivity index is 1.07. The highest BCUT2D eigenvalue weighted by atomic mass is 35.5. The summed E-state index contributed by atoms with van der Waals surface area (Å²) in [6, 6.07) is 9.77. The van der Waals surface area contributed by atoms with Crippen LogP contribution >= 0.6 is 23.2 Å². The van der Waals surface area contributed by atoms with Crippen LogP contribution in [0, 0.1) is 5.82 Å². The van der Waals surface area contributed by atoms with Crippen molar-refractivity contribution in [2.75, 3.05) is 4.90 Å². The van der Waals surface area contributed by atoms with E-state index in [1.165, 1.54) is 12.1 Å². The number of carbonyl (C=O) groups is 1. The summed E-state index contributed by atoms with van der Waals surface area (Å²) in [7, 11) is 0. The smallest absolute Gasteiger partial charge is 0.338 e. The highest BCUT2D eigenvalue weighted by Gasteiger charge is 2.44. The van der Waals surface area contributed by atoms with E-state index in [2.05, 4.69) is 20.3 Å². The molecular formula is C29H25Cl2FN4O5. The minimum atomic E-state index is -1.36. The van der Waals surface area contributed by atoms with Crippen LogP contribution in [0.15, 0.2) is 45.3 Å². The fourth-order valence-corrected chi connectivity index (χ4v) is 6.66. The van der Waals surface area contributed by atoms with Gasteiger partial charge in [-0.3, -0.25) is 0 Å². The van der Waals surface area contributed by atoms with Crippen molar-refractivity contribution >= 4 is 35.2 Å². The van der Waals surface area contributed by atoms with Crippen molar-refractivity contribution in [2.24, 2.45) is 0 Å². The molecule has 0 amide bonds. The van der Waals surface area contributed by atoms with Crippen LogP contribution in [0.2, 0.25) is 10.0 Å². The molecular weight excluding hydrogens is 574 g/mol. The molecule has 3 fully saturated rings. The quantitative estimate of drug-likeness (QED) is 0.226. The van der Waals surface area contributed by atoms with E-state index in [0.29, 0.717) is 45.4 Å². The van der Waals surface area contributed by atoms with Crippen LogP contribution in [0.3, 0.4) is 0 Å². The second-order valence-electron chi connectivity index (χ2n) is 10.8. The number of hydrogen-bond acceptors (Lipinski definition) is 8. The first-order valence-corrected chi connectivity index (χ1v) is 14.3. The third kappa shape index (κ3) is 4.87. The van der Waals surface area contributed by atoms with E-state index in [1.807, 2.05) is 0 Å². The maximum Gasteiger partial charge on any atom is 0.338 e. The topological polar surface area (TPSA) is 115 Å². The third-order valence-corrected chi connectivity index (χ3v) is 8.83. The lowest BCUT2D eigenvalue weighted by Crippen LogP contribution is -2.45. The Labute approximate surface area is 244 Å². The molecule has 1 aliphatic carbocycles. The Kier molecular flexibility index (Phi) is 6.72. The fraction of sp³-hybridized carbons (Fsp3) is 0.379. The van der Waals surface area contributed by atoms with Crippen molar-refractivity contribution < 1.29 is 28.0 Å². The zero-order chi connectivity index (χ0) is 28.2. The zero-order valence-electron chi connectivity index (χ0n) is 21.7. The van der Waals surface area contributed by atoms with Gasteiger partial charge in [-0.25, -0.2) is 9.18 Å². The van der Waals surface area contributed by atoms with E-state index >= 15 is 0 Å². The van der Waals surface area contributed by atoms with E-state index in [4.69, 9.17) is 36.9 Å². The normalized spacial score (nSPS) is 21.9. The molecule has 12 heteroatoms. The standard InChI is InChI=1S/C29H25Cl2FN4O5/c30-21-2-1-3-22(31)24(21)25-20(26(41-35-25)14-4-5-14)13-39-18-11-16-7-8-17(12-18)36(16)29-34-33-27(40-29)15-6-9-23(32)19(10-15)28(37)38/h1-3,6,9-10,14,16-18H,4-5,7-8,11-13H2,(H,37,38). The van der Waals surface area contributed by atoms with Crippen LogP contribution in [0.1, 0.15) is 66.1 Å². The van der Waals surface area contributed by atoms with Gasteiger partial charge < -0.3 is 23.7 Å². The monoisotopic (exact) mass is 598 g/mol. The third-order valence-electron chi connectivity index (χ3n) is 8.20. The summed E-state index contributed by atoms with van der Waals surface area (Å²) in [5.74, 6) is -0.846. The average Bonchev–Trinajstić information content (AvgIpc) is 3.42. The van der Waals surface area contributed by atoms with Crippen molar-refractivity contribution in [2.45, 2.75) is 69.2 Å². The predicted octanol–water partition coefficient (Wildman–Crippen LogP) is 7.13. The van der Waals surface area contributed by atoms with Crippen molar-refractivity contribution in [1.82, 2.24) is 15.4 Å². The van der Waals surface area contributed by atoms with Gasteiger partial charge in [-0.05, 0) is 68.9 Å². The number of benzene rings is 2. The molecule has 3 aliphatic rings. The van der Waals surface area contributed by atoms with Crippen molar-refractivity contribution in [3.8, 4) is 22.7 Å². The summed E-state index contributed by atoms with van der Waals surface area (Å²) in [4.78, 5) is 13.5. The molecule has 1 saturated carbocycles. The number of carboxylic acid groups (broad SMARTS) is 1. The average molecular weight is 599 g/mol. The molecule has 2 aromatic carbocycles. The van der Waals surface area contributed by atoms with Gasteiger partial charge in [-0.15, -0.1) is 5.10 Å². The Morgan fingerprint density at radius 2 is 1.80 bits per heavy atom. The van der Waals surface area contributed by atoms with Crippen LogP contribution in [0.25, 0.3) is 22.7 Å². The second-order valence-corrected chi connectivity index (χ2v) is 11.6. The Morgan fingerprint density at radius 1 is 1.07 bits per heavy atom. The molecule has 7 rings (SSSR count). The van der Waals surface area contributed by atoms with Gasteiger partial charge in [0.05, 0.1) is 28.3 Å². The van der Waals surface area contributed by atoms with Crippen molar-refractivity contribution in [1.29, 1.82) is 0 Å². The van der Waals surface area contributed by atoms with E-state index in [0.717, 1.165) is 55.9 Å². The maximum absolute atomic E-state index is 13.9. The first kappa shape index (κ1) is 26.4. The molecule has 2 unspecified atom stereocenters. The number of aromatic carboxylic acids is 1. The minimum Gasteiger partial charge on any atom is -0.478 e. The number of anilines is 1. The molecule has 2 bridgehead atoms. The molecule has 41 heavy (non-hydrogen) atoms. The largest absolute Gasteiger partial charge is 0.478 e. The Bertz CT molecular complexity index is 1600. The van der Waals surface area contributed by atoms with Crippen LogP contribution in [-0.4, -0.2) is 44.6 Å². The second kappa shape index (κ2) is 10.4. The summed E-state index contributed by atoms with van der Waals surface area (Å²) in [6.45, 7) is 0.345. The summed E-state index contributed by atoms with van der Waals surface area (Å²) < 4.78 is 32.1. The molecule has 0 radical (unpaired) electrons. The summed E-state index contributed by atoms with van der Waals surface area (Å²) in [5, 5.41) is 23.0. The first-order valence-electron chi connectivity index (χ1n) is 13.6. The molecule has 2 aliphatic heterocycles. The highest BCUT2D eigenvalue weighted by Crippen LogP contribution is 2.47. The van der Waals surface area contributed by atoms with Gasteiger partial charge in [-0.1, -0.05) is 39.5 Å². The molecule has 1 N–H and O–H groups in total. The predicted molar refractivity (Wildman–Crippen MR) is 148 cm³/mol.